The second-order valence-electron chi connectivity index (χ2n) is 6.07. The second-order valence-corrected chi connectivity index (χ2v) is 6.84. The lowest BCUT2D eigenvalue weighted by molar-refractivity contribution is 0.627. The van der Waals surface area contributed by atoms with Crippen LogP contribution in [0.2, 0.25) is 0 Å². The minimum Gasteiger partial charge on any atom is -0.307 e. The molecule has 28 heavy (non-hydrogen) atoms. The van der Waals surface area contributed by atoms with Crippen LogP contribution < -0.4 is 5.56 Å². The fourth-order valence-electron chi connectivity index (χ4n) is 2.91. The fraction of sp³-hybridized carbons (Fsp3) is 0.100. The summed E-state index contributed by atoms with van der Waals surface area (Å²) in [6.07, 6.45) is 1.81. The lowest BCUT2D eigenvalue weighted by atomic mass is 10.0. The summed E-state index contributed by atoms with van der Waals surface area (Å²) >= 11 is 1.32. The molecule has 0 atom stereocenters. The predicted molar refractivity (Wildman–Crippen MR) is 105 cm³/mol. The molecule has 8 heteroatoms. The van der Waals surface area contributed by atoms with Crippen molar-refractivity contribution in [3.8, 4) is 22.5 Å². The number of rotatable bonds is 3. The average molecular weight is 396 g/mol. The van der Waals surface area contributed by atoms with Gasteiger partial charge in [-0.15, -0.1) is 0 Å². The third-order valence-corrected chi connectivity index (χ3v) is 5.03. The number of aromatic nitrogens is 4. The third-order valence-electron chi connectivity index (χ3n) is 4.30. The molecule has 0 saturated carbocycles. The molecular formula is C20H14F2N4OS. The van der Waals surface area contributed by atoms with E-state index in [0.717, 1.165) is 0 Å². The number of aryl methyl sites for hydroxylation is 1. The van der Waals surface area contributed by atoms with E-state index < -0.39 is 5.56 Å². The molecule has 2 heterocycles. The first kappa shape index (κ1) is 18.2. The van der Waals surface area contributed by atoms with E-state index in [1.165, 1.54) is 36.0 Å². The molecule has 2 aromatic heterocycles. The zero-order valence-electron chi connectivity index (χ0n) is 15.0. The highest BCUT2D eigenvalue weighted by Gasteiger charge is 2.18. The van der Waals surface area contributed by atoms with Crippen molar-refractivity contribution in [2.24, 2.45) is 7.05 Å². The van der Waals surface area contributed by atoms with E-state index >= 15 is 0 Å². The van der Waals surface area contributed by atoms with Crippen LogP contribution in [-0.4, -0.2) is 25.8 Å². The molecule has 2 aromatic carbocycles. The van der Waals surface area contributed by atoms with Crippen molar-refractivity contribution in [3.05, 3.63) is 70.5 Å². The van der Waals surface area contributed by atoms with Crippen LogP contribution in [0.3, 0.4) is 0 Å². The molecule has 0 aliphatic carbocycles. The van der Waals surface area contributed by atoms with Crippen LogP contribution in [0, 0.1) is 11.6 Å². The van der Waals surface area contributed by atoms with E-state index in [1.54, 1.807) is 35.9 Å². The molecule has 5 nitrogen and oxygen atoms in total. The largest absolute Gasteiger partial charge is 0.307 e. The number of fused-ring (bicyclic) bond motifs is 1. The van der Waals surface area contributed by atoms with Crippen LogP contribution in [0.15, 0.2) is 58.5 Å². The number of halogens is 2. The van der Waals surface area contributed by atoms with Crippen molar-refractivity contribution in [1.29, 1.82) is 0 Å². The van der Waals surface area contributed by atoms with E-state index in [-0.39, 0.29) is 17.2 Å². The molecule has 140 valence electrons. The van der Waals surface area contributed by atoms with Gasteiger partial charge < -0.3 is 4.57 Å². The molecule has 0 radical (unpaired) electrons. The van der Waals surface area contributed by atoms with Gasteiger partial charge in [0.2, 0.25) is 0 Å². The lowest BCUT2D eigenvalue weighted by Gasteiger charge is -2.13. The Morgan fingerprint density at radius 1 is 0.821 bits per heavy atom. The van der Waals surface area contributed by atoms with Crippen LogP contribution >= 0.6 is 11.8 Å². The van der Waals surface area contributed by atoms with E-state index in [1.807, 2.05) is 6.26 Å². The van der Waals surface area contributed by atoms with Crippen LogP contribution in [0.5, 0.6) is 0 Å². The van der Waals surface area contributed by atoms with Gasteiger partial charge in [-0.1, -0.05) is 11.8 Å². The van der Waals surface area contributed by atoms with Gasteiger partial charge in [-0.2, -0.15) is 4.98 Å². The van der Waals surface area contributed by atoms with Gasteiger partial charge in [0.1, 0.15) is 11.6 Å². The van der Waals surface area contributed by atoms with Crippen LogP contribution in [0.4, 0.5) is 8.78 Å². The molecule has 4 rings (SSSR count). The minimum absolute atomic E-state index is 0.116. The molecule has 0 N–H and O–H groups in total. The summed E-state index contributed by atoms with van der Waals surface area (Å²) in [5, 5.41) is 0.506. The standard InChI is InChI=1S/C20H14F2N4OS/c1-26-18-17(19(27)25-20(26)28-2)23-15(11-3-7-13(21)8-4-11)16(24-18)12-5-9-14(22)10-6-12/h3-10H,1-2H3. The number of hydrogen-bond donors (Lipinski definition) is 0. The first-order valence-electron chi connectivity index (χ1n) is 8.32. The highest BCUT2D eigenvalue weighted by Crippen LogP contribution is 2.31. The third kappa shape index (κ3) is 3.16. The van der Waals surface area contributed by atoms with Crippen molar-refractivity contribution < 1.29 is 8.78 Å². The molecular weight excluding hydrogens is 382 g/mol. The summed E-state index contributed by atoms with van der Waals surface area (Å²) in [6.45, 7) is 0. The normalized spacial score (nSPS) is 11.1. The van der Waals surface area contributed by atoms with Gasteiger partial charge in [-0.25, -0.2) is 18.7 Å². The Labute approximate surface area is 163 Å². The number of thioether (sulfide) groups is 1. The smallest absolute Gasteiger partial charge is 0.301 e. The monoisotopic (exact) mass is 396 g/mol. The lowest BCUT2D eigenvalue weighted by Crippen LogP contribution is -2.17. The average Bonchev–Trinajstić information content (AvgIpc) is 2.71. The molecule has 4 aromatic rings. The maximum absolute atomic E-state index is 13.4. The number of benzene rings is 2. The van der Waals surface area contributed by atoms with Gasteiger partial charge >= 0.3 is 5.56 Å². The molecule has 0 aliphatic heterocycles. The first-order valence-corrected chi connectivity index (χ1v) is 9.55. The molecule has 0 unspecified atom stereocenters. The van der Waals surface area contributed by atoms with Crippen molar-refractivity contribution in [3.63, 3.8) is 0 Å². The Kier molecular flexibility index (Phi) is 4.64. The number of nitrogens with zero attached hydrogens (tertiary/aromatic N) is 4. The molecule has 0 amide bonds. The molecule has 0 aliphatic rings. The summed E-state index contributed by atoms with van der Waals surface area (Å²) in [5.74, 6) is -0.759. The van der Waals surface area contributed by atoms with Gasteiger partial charge in [0.15, 0.2) is 16.3 Å². The Bertz CT molecular complexity index is 1240. The zero-order valence-corrected chi connectivity index (χ0v) is 15.8. The van der Waals surface area contributed by atoms with Gasteiger partial charge in [-0.3, -0.25) is 4.79 Å². The zero-order chi connectivity index (χ0) is 19.8. The quantitative estimate of drug-likeness (QED) is 0.386. The second kappa shape index (κ2) is 7.12. The van der Waals surface area contributed by atoms with Gasteiger partial charge in [0.25, 0.3) is 0 Å². The van der Waals surface area contributed by atoms with Gasteiger partial charge in [0, 0.05) is 18.2 Å². The highest BCUT2D eigenvalue weighted by atomic mass is 32.2. The van der Waals surface area contributed by atoms with Crippen molar-refractivity contribution in [1.82, 2.24) is 19.5 Å². The van der Waals surface area contributed by atoms with Crippen molar-refractivity contribution >= 4 is 22.9 Å². The van der Waals surface area contributed by atoms with Gasteiger partial charge in [0.05, 0.1) is 11.4 Å². The molecule has 0 fully saturated rings. The predicted octanol–water partition coefficient (Wildman–Crippen LogP) is 4.06. The summed E-state index contributed by atoms with van der Waals surface area (Å²) in [6, 6.07) is 11.6. The maximum Gasteiger partial charge on any atom is 0.301 e. The van der Waals surface area contributed by atoms with Crippen LogP contribution in [-0.2, 0) is 7.05 Å². The topological polar surface area (TPSA) is 60.7 Å². The van der Waals surface area contributed by atoms with Crippen molar-refractivity contribution in [2.75, 3.05) is 6.26 Å². The Morgan fingerprint density at radius 2 is 1.32 bits per heavy atom. The molecule has 0 spiro atoms. The molecule has 0 bridgehead atoms. The van der Waals surface area contributed by atoms with E-state index in [4.69, 9.17) is 0 Å². The Balaban J connectivity index is 2.09. The van der Waals surface area contributed by atoms with Crippen molar-refractivity contribution in [2.45, 2.75) is 5.16 Å². The minimum atomic E-state index is -0.487. The van der Waals surface area contributed by atoms with Crippen LogP contribution in [0.1, 0.15) is 0 Å². The Hall–Kier alpha value is -3.13. The van der Waals surface area contributed by atoms with Crippen LogP contribution in [0.25, 0.3) is 33.7 Å². The van der Waals surface area contributed by atoms with E-state index in [9.17, 15) is 13.6 Å². The van der Waals surface area contributed by atoms with E-state index in [0.29, 0.717) is 33.3 Å². The summed E-state index contributed by atoms with van der Waals surface area (Å²) in [5.41, 5.74) is 2.08. The highest BCUT2D eigenvalue weighted by molar-refractivity contribution is 7.98. The number of hydrogen-bond acceptors (Lipinski definition) is 5. The fourth-order valence-corrected chi connectivity index (χ4v) is 3.44. The Morgan fingerprint density at radius 3 is 1.82 bits per heavy atom. The summed E-state index contributed by atoms with van der Waals surface area (Å²) < 4.78 is 28.5. The first-order chi connectivity index (χ1) is 13.5. The van der Waals surface area contributed by atoms with E-state index in [2.05, 4.69) is 15.0 Å². The summed E-state index contributed by atoms with van der Waals surface area (Å²) in [4.78, 5) is 25.7. The summed E-state index contributed by atoms with van der Waals surface area (Å²) in [7, 11) is 1.75. The maximum atomic E-state index is 13.4. The molecule has 0 saturated heterocycles. The SMILES string of the molecule is CSc1nc(=O)c2nc(-c3ccc(F)cc3)c(-c3ccc(F)cc3)nc2n1C. The van der Waals surface area contributed by atoms with Gasteiger partial charge in [-0.05, 0) is 54.8 Å².